The second-order valence-corrected chi connectivity index (χ2v) is 5.02. The summed E-state index contributed by atoms with van der Waals surface area (Å²) < 4.78 is 1.88. The number of fused-ring (bicyclic) bond motifs is 1. The van der Waals surface area contributed by atoms with Gasteiger partial charge in [0.2, 0.25) is 0 Å². The zero-order valence-corrected chi connectivity index (χ0v) is 12.0. The quantitative estimate of drug-likeness (QED) is 0.736. The number of anilines is 1. The standard InChI is InChI=1S/C14H14ClN5/c1-3-10-8(2)17-7-20-13(18-19-14(10)20)9-4-5-11(15)12(16)6-9/h4-7H,3,16H2,1-2H3. The van der Waals surface area contributed by atoms with Gasteiger partial charge in [-0.2, -0.15) is 0 Å². The molecule has 1 aromatic carbocycles. The Hall–Kier alpha value is -2.14. The molecule has 2 heterocycles. The molecule has 0 aliphatic rings. The molecule has 102 valence electrons. The monoisotopic (exact) mass is 287 g/mol. The molecule has 3 rings (SSSR count). The van der Waals surface area contributed by atoms with Crippen LogP contribution in [0.5, 0.6) is 0 Å². The predicted octanol–water partition coefficient (Wildman–Crippen LogP) is 2.90. The van der Waals surface area contributed by atoms with Crippen molar-refractivity contribution in [1.29, 1.82) is 0 Å². The van der Waals surface area contributed by atoms with Crippen LogP contribution in [0.15, 0.2) is 24.5 Å². The van der Waals surface area contributed by atoms with E-state index in [1.54, 1.807) is 18.5 Å². The van der Waals surface area contributed by atoms with E-state index in [2.05, 4.69) is 22.1 Å². The van der Waals surface area contributed by atoms with Crippen molar-refractivity contribution < 1.29 is 0 Å². The lowest BCUT2D eigenvalue weighted by atomic mass is 10.1. The maximum Gasteiger partial charge on any atom is 0.169 e. The van der Waals surface area contributed by atoms with Crippen molar-refractivity contribution in [1.82, 2.24) is 19.6 Å². The molecule has 2 N–H and O–H groups in total. The van der Waals surface area contributed by atoms with Gasteiger partial charge < -0.3 is 5.73 Å². The Balaban J connectivity index is 2.25. The third kappa shape index (κ3) is 1.91. The molecule has 0 aliphatic heterocycles. The number of aryl methyl sites for hydroxylation is 2. The highest BCUT2D eigenvalue weighted by Gasteiger charge is 2.13. The van der Waals surface area contributed by atoms with E-state index in [-0.39, 0.29) is 0 Å². The van der Waals surface area contributed by atoms with Crippen molar-refractivity contribution in [3.05, 3.63) is 40.8 Å². The number of nitrogens with zero attached hydrogens (tertiary/aromatic N) is 4. The van der Waals surface area contributed by atoms with Crippen molar-refractivity contribution in [3.63, 3.8) is 0 Å². The van der Waals surface area contributed by atoms with Crippen molar-refractivity contribution >= 4 is 22.9 Å². The average Bonchev–Trinajstić information content (AvgIpc) is 2.85. The fourth-order valence-corrected chi connectivity index (χ4v) is 2.40. The van der Waals surface area contributed by atoms with Gasteiger partial charge in [0.05, 0.1) is 10.7 Å². The number of nitrogen functional groups attached to an aromatic ring is 1. The summed E-state index contributed by atoms with van der Waals surface area (Å²) >= 11 is 5.95. The number of hydrogen-bond acceptors (Lipinski definition) is 4. The molecular weight excluding hydrogens is 274 g/mol. The highest BCUT2D eigenvalue weighted by molar-refractivity contribution is 6.33. The number of nitrogens with two attached hydrogens (primary N) is 1. The van der Waals surface area contributed by atoms with Crippen LogP contribution in [0, 0.1) is 6.92 Å². The lowest BCUT2D eigenvalue weighted by molar-refractivity contribution is 0.979. The topological polar surface area (TPSA) is 69.1 Å². The molecule has 0 spiro atoms. The minimum Gasteiger partial charge on any atom is -0.398 e. The van der Waals surface area contributed by atoms with Crippen LogP contribution in [-0.4, -0.2) is 19.6 Å². The van der Waals surface area contributed by atoms with E-state index >= 15 is 0 Å². The Morgan fingerprint density at radius 2 is 2.10 bits per heavy atom. The van der Waals surface area contributed by atoms with Crippen LogP contribution in [0.1, 0.15) is 18.2 Å². The Morgan fingerprint density at radius 3 is 2.80 bits per heavy atom. The predicted molar refractivity (Wildman–Crippen MR) is 79.8 cm³/mol. The summed E-state index contributed by atoms with van der Waals surface area (Å²) in [7, 11) is 0. The maximum atomic E-state index is 5.95. The number of benzene rings is 1. The first-order valence-corrected chi connectivity index (χ1v) is 6.74. The van der Waals surface area contributed by atoms with Gasteiger partial charge in [0.1, 0.15) is 6.33 Å². The summed E-state index contributed by atoms with van der Waals surface area (Å²) in [4.78, 5) is 4.40. The van der Waals surface area contributed by atoms with Gasteiger partial charge in [-0.15, -0.1) is 10.2 Å². The molecule has 0 saturated heterocycles. The number of hydrogen-bond donors (Lipinski definition) is 1. The third-order valence-corrected chi connectivity index (χ3v) is 3.72. The fraction of sp³-hybridized carbons (Fsp3) is 0.214. The lowest BCUT2D eigenvalue weighted by Gasteiger charge is -2.06. The summed E-state index contributed by atoms with van der Waals surface area (Å²) in [6, 6.07) is 5.43. The first-order chi connectivity index (χ1) is 9.61. The van der Waals surface area contributed by atoms with Crippen molar-refractivity contribution in [2.45, 2.75) is 20.3 Å². The molecule has 0 bridgehead atoms. The smallest absolute Gasteiger partial charge is 0.169 e. The van der Waals surface area contributed by atoms with Crippen molar-refractivity contribution in [2.24, 2.45) is 0 Å². The Labute approximate surface area is 121 Å². The van der Waals surface area contributed by atoms with Crippen LogP contribution in [0.25, 0.3) is 17.0 Å². The second kappa shape index (κ2) is 4.76. The highest BCUT2D eigenvalue weighted by Crippen LogP contribution is 2.26. The van der Waals surface area contributed by atoms with E-state index in [4.69, 9.17) is 17.3 Å². The summed E-state index contributed by atoms with van der Waals surface area (Å²) in [5.74, 6) is 0.713. The SMILES string of the molecule is CCc1c(C)ncn2c(-c3ccc(Cl)c(N)c3)nnc12. The van der Waals surface area contributed by atoms with Crippen LogP contribution in [0.2, 0.25) is 5.02 Å². The Bertz CT molecular complexity index is 794. The third-order valence-electron chi connectivity index (χ3n) is 3.38. The van der Waals surface area contributed by atoms with Crippen LogP contribution < -0.4 is 5.73 Å². The molecule has 2 aromatic heterocycles. The molecule has 20 heavy (non-hydrogen) atoms. The second-order valence-electron chi connectivity index (χ2n) is 4.62. The lowest BCUT2D eigenvalue weighted by Crippen LogP contribution is -1.99. The molecule has 0 aliphatic carbocycles. The number of aromatic nitrogens is 4. The van der Waals surface area contributed by atoms with Gasteiger partial charge in [0.15, 0.2) is 11.5 Å². The minimum atomic E-state index is 0.525. The molecule has 5 nitrogen and oxygen atoms in total. The van der Waals surface area contributed by atoms with Gasteiger partial charge in [-0.1, -0.05) is 18.5 Å². The molecule has 0 radical (unpaired) electrons. The van der Waals surface area contributed by atoms with E-state index in [0.717, 1.165) is 28.9 Å². The number of halogens is 1. The summed E-state index contributed by atoms with van der Waals surface area (Å²) in [6.45, 7) is 4.06. The Morgan fingerprint density at radius 1 is 1.30 bits per heavy atom. The molecule has 3 aromatic rings. The van der Waals surface area contributed by atoms with Gasteiger partial charge in [-0.25, -0.2) is 4.98 Å². The summed E-state index contributed by atoms with van der Waals surface area (Å²) in [5.41, 5.74) is 10.2. The number of rotatable bonds is 2. The van der Waals surface area contributed by atoms with Gasteiger partial charge >= 0.3 is 0 Å². The first kappa shape index (κ1) is 12.9. The largest absolute Gasteiger partial charge is 0.398 e. The summed E-state index contributed by atoms with van der Waals surface area (Å²) in [5, 5.41) is 9.07. The molecule has 0 atom stereocenters. The van der Waals surface area contributed by atoms with Gasteiger partial charge in [0.25, 0.3) is 0 Å². The van der Waals surface area contributed by atoms with E-state index in [0.29, 0.717) is 16.5 Å². The van der Waals surface area contributed by atoms with E-state index in [9.17, 15) is 0 Å². The van der Waals surface area contributed by atoms with Crippen LogP contribution in [-0.2, 0) is 6.42 Å². The van der Waals surface area contributed by atoms with Crippen LogP contribution >= 0.6 is 11.6 Å². The molecule has 0 amide bonds. The maximum absolute atomic E-state index is 5.95. The van der Waals surface area contributed by atoms with Crippen LogP contribution in [0.3, 0.4) is 0 Å². The van der Waals surface area contributed by atoms with E-state index in [1.807, 2.05) is 17.4 Å². The molecule has 0 saturated carbocycles. The van der Waals surface area contributed by atoms with Gasteiger partial charge in [0, 0.05) is 16.8 Å². The molecule has 6 heteroatoms. The zero-order valence-electron chi connectivity index (χ0n) is 11.3. The minimum absolute atomic E-state index is 0.525. The molecule has 0 unspecified atom stereocenters. The average molecular weight is 288 g/mol. The zero-order chi connectivity index (χ0) is 14.3. The van der Waals surface area contributed by atoms with Crippen LogP contribution in [0.4, 0.5) is 5.69 Å². The Kier molecular flexibility index (Phi) is 3.06. The van der Waals surface area contributed by atoms with Crippen molar-refractivity contribution in [3.8, 4) is 11.4 Å². The van der Waals surface area contributed by atoms with Crippen molar-refractivity contribution in [2.75, 3.05) is 5.73 Å². The normalized spacial score (nSPS) is 11.2. The molecule has 0 fully saturated rings. The first-order valence-electron chi connectivity index (χ1n) is 6.36. The summed E-state index contributed by atoms with van der Waals surface area (Å²) in [6.07, 6.45) is 2.61. The van der Waals surface area contributed by atoms with Gasteiger partial charge in [-0.3, -0.25) is 4.40 Å². The highest BCUT2D eigenvalue weighted by atomic mass is 35.5. The molecular formula is C14H14ClN5. The fourth-order valence-electron chi connectivity index (χ4n) is 2.28. The van der Waals surface area contributed by atoms with E-state index in [1.165, 1.54) is 0 Å². The van der Waals surface area contributed by atoms with Gasteiger partial charge in [-0.05, 0) is 31.5 Å². The van der Waals surface area contributed by atoms with E-state index < -0.39 is 0 Å².